The molecule has 19 heavy (non-hydrogen) atoms. The maximum absolute atomic E-state index is 13.0. The Bertz CT molecular complexity index is 307. The van der Waals surface area contributed by atoms with Crippen LogP contribution < -0.4 is 5.32 Å². The zero-order valence-corrected chi connectivity index (χ0v) is 12.7. The second-order valence-electron chi connectivity index (χ2n) is 5.99. The predicted molar refractivity (Wildman–Crippen MR) is 74.6 cm³/mol. The van der Waals surface area contributed by atoms with E-state index < -0.39 is 5.92 Å². The van der Waals surface area contributed by atoms with Crippen molar-refractivity contribution in [3.63, 3.8) is 0 Å². The summed E-state index contributed by atoms with van der Waals surface area (Å²) in [6.07, 6.45) is 4.98. The molecule has 2 nitrogen and oxygen atoms in total. The van der Waals surface area contributed by atoms with Crippen molar-refractivity contribution in [1.29, 1.82) is 0 Å². The van der Waals surface area contributed by atoms with Gasteiger partial charge in [0.2, 0.25) is 11.8 Å². The summed E-state index contributed by atoms with van der Waals surface area (Å²) in [5.74, 6) is -2.21. The van der Waals surface area contributed by atoms with Gasteiger partial charge in [-0.1, -0.05) is 15.9 Å². The van der Waals surface area contributed by atoms with E-state index in [9.17, 15) is 13.6 Å². The highest BCUT2D eigenvalue weighted by Crippen LogP contribution is 2.36. The van der Waals surface area contributed by atoms with E-state index in [1.165, 1.54) is 0 Å². The molecule has 0 heterocycles. The fraction of sp³-hybridized carbons (Fsp3) is 0.929. The van der Waals surface area contributed by atoms with Crippen molar-refractivity contribution in [2.75, 3.05) is 6.54 Å². The topological polar surface area (TPSA) is 29.1 Å². The number of halogens is 3. The molecule has 1 N–H and O–H groups in total. The predicted octanol–water partition coefficient (Wildman–Crippen LogP) is 3.88. The molecule has 0 aliphatic heterocycles. The van der Waals surface area contributed by atoms with Gasteiger partial charge in [0.25, 0.3) is 0 Å². The van der Waals surface area contributed by atoms with E-state index >= 15 is 0 Å². The minimum atomic E-state index is -2.55. The smallest absolute Gasteiger partial charge is 0.248 e. The van der Waals surface area contributed by atoms with Crippen LogP contribution >= 0.6 is 15.9 Å². The Labute approximate surface area is 121 Å². The van der Waals surface area contributed by atoms with Crippen molar-refractivity contribution in [3.05, 3.63) is 0 Å². The Morgan fingerprint density at radius 3 is 2.26 bits per heavy atom. The number of nitrogens with one attached hydrogen (secondary N) is 1. The lowest BCUT2D eigenvalue weighted by Crippen LogP contribution is -2.38. The molecule has 1 amide bonds. The summed E-state index contributed by atoms with van der Waals surface area (Å²) in [5, 5.41) is 2.97. The Morgan fingerprint density at radius 2 is 1.68 bits per heavy atom. The van der Waals surface area contributed by atoms with E-state index in [0.29, 0.717) is 30.1 Å². The summed E-state index contributed by atoms with van der Waals surface area (Å²) in [5.41, 5.74) is 0. The van der Waals surface area contributed by atoms with Crippen LogP contribution in [0.3, 0.4) is 0 Å². The SMILES string of the molecule is O=C(NCC1CCC(Br)CC1)C1CCC(F)(F)CC1. The van der Waals surface area contributed by atoms with Gasteiger partial charge in [0.15, 0.2) is 0 Å². The first kappa shape index (κ1) is 15.2. The molecule has 2 fully saturated rings. The molecule has 2 rings (SSSR count). The molecule has 0 aromatic heterocycles. The van der Waals surface area contributed by atoms with E-state index in [4.69, 9.17) is 0 Å². The molecule has 0 saturated heterocycles. The summed E-state index contributed by atoms with van der Waals surface area (Å²) < 4.78 is 26.0. The van der Waals surface area contributed by atoms with Gasteiger partial charge in [0.05, 0.1) is 0 Å². The van der Waals surface area contributed by atoms with Crippen molar-refractivity contribution >= 4 is 21.8 Å². The zero-order valence-electron chi connectivity index (χ0n) is 11.1. The third-order valence-corrected chi connectivity index (χ3v) is 5.34. The Kier molecular flexibility index (Phi) is 5.21. The lowest BCUT2D eigenvalue weighted by atomic mass is 9.85. The largest absolute Gasteiger partial charge is 0.356 e. The maximum atomic E-state index is 13.0. The molecule has 0 bridgehead atoms. The van der Waals surface area contributed by atoms with Gasteiger partial charge in [0, 0.05) is 30.1 Å². The van der Waals surface area contributed by atoms with Crippen molar-refractivity contribution < 1.29 is 13.6 Å². The molecular formula is C14H22BrF2NO. The summed E-state index contributed by atoms with van der Waals surface area (Å²) in [7, 11) is 0. The third-order valence-electron chi connectivity index (χ3n) is 4.43. The van der Waals surface area contributed by atoms with Crippen molar-refractivity contribution in [2.24, 2.45) is 11.8 Å². The average Bonchev–Trinajstić information content (AvgIpc) is 2.37. The first-order chi connectivity index (χ1) is 8.96. The Hall–Kier alpha value is -0.190. The molecule has 5 heteroatoms. The van der Waals surface area contributed by atoms with Gasteiger partial charge in [0.1, 0.15) is 0 Å². The van der Waals surface area contributed by atoms with Gasteiger partial charge in [-0.15, -0.1) is 0 Å². The summed E-state index contributed by atoms with van der Waals surface area (Å²) in [6.45, 7) is 0.714. The molecule has 0 atom stereocenters. The lowest BCUT2D eigenvalue weighted by Gasteiger charge is -2.29. The Balaban J connectivity index is 1.67. The van der Waals surface area contributed by atoms with Gasteiger partial charge in [-0.25, -0.2) is 8.78 Å². The zero-order chi connectivity index (χ0) is 13.9. The van der Waals surface area contributed by atoms with Crippen LogP contribution in [0.2, 0.25) is 0 Å². The number of hydrogen-bond donors (Lipinski definition) is 1. The molecule has 0 aromatic rings. The van der Waals surface area contributed by atoms with Crippen LogP contribution in [0.1, 0.15) is 51.4 Å². The van der Waals surface area contributed by atoms with E-state index in [0.717, 1.165) is 25.7 Å². The molecule has 0 aromatic carbocycles. The summed E-state index contributed by atoms with van der Waals surface area (Å²) >= 11 is 3.61. The standard InChI is InChI=1S/C14H22BrF2NO/c15-12-3-1-10(2-4-12)9-18-13(19)11-5-7-14(16,17)8-6-11/h10-12H,1-9H2,(H,18,19). The minimum Gasteiger partial charge on any atom is -0.356 e. The van der Waals surface area contributed by atoms with Crippen LogP contribution in [0, 0.1) is 11.8 Å². The Morgan fingerprint density at radius 1 is 1.11 bits per heavy atom. The van der Waals surface area contributed by atoms with Gasteiger partial charge in [-0.05, 0) is 44.4 Å². The van der Waals surface area contributed by atoms with E-state index in [1.807, 2.05) is 0 Å². The molecule has 110 valence electrons. The van der Waals surface area contributed by atoms with Crippen LogP contribution in [-0.4, -0.2) is 23.2 Å². The normalized spacial score (nSPS) is 31.9. The van der Waals surface area contributed by atoms with E-state index in [2.05, 4.69) is 21.2 Å². The quantitative estimate of drug-likeness (QED) is 0.778. The fourth-order valence-electron chi connectivity index (χ4n) is 3.02. The molecule has 2 aliphatic rings. The molecule has 0 radical (unpaired) electrons. The number of amides is 1. The number of carbonyl (C=O) groups is 1. The molecule has 2 aliphatic carbocycles. The second-order valence-corrected chi connectivity index (χ2v) is 7.29. The highest BCUT2D eigenvalue weighted by molar-refractivity contribution is 9.09. The highest BCUT2D eigenvalue weighted by atomic mass is 79.9. The summed E-state index contributed by atoms with van der Waals surface area (Å²) in [4.78, 5) is 12.6. The maximum Gasteiger partial charge on any atom is 0.248 e. The van der Waals surface area contributed by atoms with Crippen molar-refractivity contribution in [2.45, 2.75) is 62.1 Å². The molecule has 2 saturated carbocycles. The number of rotatable bonds is 3. The van der Waals surface area contributed by atoms with Crippen LogP contribution in [-0.2, 0) is 4.79 Å². The van der Waals surface area contributed by atoms with E-state index in [-0.39, 0.29) is 24.7 Å². The molecular weight excluding hydrogens is 316 g/mol. The van der Waals surface area contributed by atoms with Crippen LogP contribution in [0.25, 0.3) is 0 Å². The number of hydrogen-bond acceptors (Lipinski definition) is 1. The molecule has 0 spiro atoms. The molecule has 0 unspecified atom stereocenters. The summed E-state index contributed by atoms with van der Waals surface area (Å²) in [6, 6.07) is 0. The monoisotopic (exact) mass is 337 g/mol. The van der Waals surface area contributed by atoms with Gasteiger partial charge in [-0.3, -0.25) is 4.79 Å². The number of carbonyl (C=O) groups excluding carboxylic acids is 1. The van der Waals surface area contributed by atoms with Gasteiger partial charge in [-0.2, -0.15) is 0 Å². The van der Waals surface area contributed by atoms with E-state index in [1.54, 1.807) is 0 Å². The third kappa shape index (κ3) is 4.69. The first-order valence-electron chi connectivity index (χ1n) is 7.26. The first-order valence-corrected chi connectivity index (χ1v) is 8.17. The average molecular weight is 338 g/mol. The van der Waals surface area contributed by atoms with Crippen LogP contribution in [0.15, 0.2) is 0 Å². The fourth-order valence-corrected chi connectivity index (χ4v) is 3.55. The van der Waals surface area contributed by atoms with Crippen molar-refractivity contribution in [1.82, 2.24) is 5.32 Å². The second kappa shape index (κ2) is 6.51. The van der Waals surface area contributed by atoms with Crippen LogP contribution in [0.4, 0.5) is 8.78 Å². The lowest BCUT2D eigenvalue weighted by molar-refractivity contribution is -0.129. The van der Waals surface area contributed by atoms with Gasteiger partial charge >= 0.3 is 0 Å². The van der Waals surface area contributed by atoms with Crippen molar-refractivity contribution in [3.8, 4) is 0 Å². The van der Waals surface area contributed by atoms with Crippen LogP contribution in [0.5, 0.6) is 0 Å². The van der Waals surface area contributed by atoms with Gasteiger partial charge < -0.3 is 5.32 Å². The number of alkyl halides is 3. The highest BCUT2D eigenvalue weighted by Gasteiger charge is 2.37. The minimum absolute atomic E-state index is 0.0172.